The van der Waals surface area contributed by atoms with E-state index in [-0.39, 0.29) is 22.6 Å². The van der Waals surface area contributed by atoms with Crippen LogP contribution in [0.15, 0.2) is 34.6 Å². The fraction of sp³-hybridized carbons (Fsp3) is 0.526. The van der Waals surface area contributed by atoms with Gasteiger partial charge in [0.05, 0.1) is 10.6 Å². The normalized spacial score (nSPS) is 14.1. The summed E-state index contributed by atoms with van der Waals surface area (Å²) in [6.07, 6.45) is 2.32. The summed E-state index contributed by atoms with van der Waals surface area (Å²) in [5.74, 6) is 0.232. The van der Waals surface area contributed by atoms with Crippen molar-refractivity contribution < 1.29 is 13.2 Å². The van der Waals surface area contributed by atoms with Crippen molar-refractivity contribution in [2.75, 3.05) is 30.3 Å². The van der Waals surface area contributed by atoms with E-state index in [0.29, 0.717) is 31.2 Å². The van der Waals surface area contributed by atoms with Crippen molar-refractivity contribution in [3.63, 3.8) is 0 Å². The standard InChI is InChI=1S/C19H27N5O3S2/c1-5-22(6-2)29(26,27)16-7-8-17-15(11-16)9-10-23(17)18(25)12-28-19-21-20-13-24(19)14(3)4/h7-8,11,13-14H,5-6,9-10,12H2,1-4H3. The molecule has 0 unspecified atom stereocenters. The zero-order chi connectivity index (χ0) is 21.2. The minimum Gasteiger partial charge on any atom is -0.311 e. The Morgan fingerprint density at radius 1 is 1.28 bits per heavy atom. The van der Waals surface area contributed by atoms with E-state index in [1.54, 1.807) is 29.4 Å². The largest absolute Gasteiger partial charge is 0.311 e. The van der Waals surface area contributed by atoms with Crippen LogP contribution in [-0.4, -0.2) is 58.8 Å². The average molecular weight is 438 g/mol. The smallest absolute Gasteiger partial charge is 0.243 e. The first-order valence-electron chi connectivity index (χ1n) is 9.75. The third-order valence-corrected chi connectivity index (χ3v) is 8.00. The van der Waals surface area contributed by atoms with Gasteiger partial charge in [0.2, 0.25) is 15.9 Å². The zero-order valence-electron chi connectivity index (χ0n) is 17.2. The number of fused-ring (bicyclic) bond motifs is 1. The third-order valence-electron chi connectivity index (χ3n) is 5.01. The van der Waals surface area contributed by atoms with Crippen molar-refractivity contribution in [3.05, 3.63) is 30.1 Å². The number of hydrogen-bond acceptors (Lipinski definition) is 6. The molecule has 2 aromatic rings. The molecule has 1 amide bonds. The Balaban J connectivity index is 1.74. The van der Waals surface area contributed by atoms with Gasteiger partial charge in [-0.25, -0.2) is 8.42 Å². The summed E-state index contributed by atoms with van der Waals surface area (Å²) in [6.45, 7) is 9.14. The van der Waals surface area contributed by atoms with Crippen molar-refractivity contribution >= 4 is 33.4 Å². The number of benzene rings is 1. The first-order valence-corrected chi connectivity index (χ1v) is 12.2. The van der Waals surface area contributed by atoms with E-state index in [1.807, 2.05) is 32.3 Å². The Bertz CT molecular complexity index is 983. The highest BCUT2D eigenvalue weighted by molar-refractivity contribution is 7.99. The van der Waals surface area contributed by atoms with Crippen LogP contribution in [0.4, 0.5) is 5.69 Å². The second-order valence-corrected chi connectivity index (χ2v) is 9.96. The molecule has 0 fully saturated rings. The monoisotopic (exact) mass is 437 g/mol. The first-order chi connectivity index (χ1) is 13.8. The predicted octanol–water partition coefficient (Wildman–Crippen LogP) is 2.57. The number of rotatable bonds is 8. The predicted molar refractivity (Wildman–Crippen MR) is 114 cm³/mol. The fourth-order valence-corrected chi connectivity index (χ4v) is 5.83. The van der Waals surface area contributed by atoms with Crippen molar-refractivity contribution in [3.8, 4) is 0 Å². The number of anilines is 1. The molecule has 29 heavy (non-hydrogen) atoms. The molecule has 8 nitrogen and oxygen atoms in total. The molecule has 0 bridgehead atoms. The summed E-state index contributed by atoms with van der Waals surface area (Å²) < 4.78 is 28.9. The molecule has 0 aliphatic carbocycles. The molecular formula is C19H27N5O3S2. The highest BCUT2D eigenvalue weighted by Gasteiger charge is 2.28. The molecule has 1 aliphatic heterocycles. The quantitative estimate of drug-likeness (QED) is 0.590. The molecular weight excluding hydrogens is 410 g/mol. The number of aromatic nitrogens is 3. The number of carbonyl (C=O) groups is 1. The maximum Gasteiger partial charge on any atom is 0.243 e. The average Bonchev–Trinajstić information content (AvgIpc) is 3.33. The van der Waals surface area contributed by atoms with Crippen LogP contribution in [0.3, 0.4) is 0 Å². The molecule has 0 atom stereocenters. The van der Waals surface area contributed by atoms with Crippen LogP contribution in [0, 0.1) is 0 Å². The van der Waals surface area contributed by atoms with Gasteiger partial charge in [0, 0.05) is 31.4 Å². The highest BCUT2D eigenvalue weighted by atomic mass is 32.2. The molecule has 1 aromatic heterocycles. The summed E-state index contributed by atoms with van der Waals surface area (Å²) in [4.78, 5) is 14.8. The zero-order valence-corrected chi connectivity index (χ0v) is 18.8. The molecule has 0 spiro atoms. The van der Waals surface area contributed by atoms with Gasteiger partial charge in [0.15, 0.2) is 5.16 Å². The van der Waals surface area contributed by atoms with Crippen LogP contribution in [0.1, 0.15) is 39.3 Å². The van der Waals surface area contributed by atoms with E-state index in [9.17, 15) is 13.2 Å². The summed E-state index contributed by atoms with van der Waals surface area (Å²) in [7, 11) is -3.51. The van der Waals surface area contributed by atoms with E-state index in [0.717, 1.165) is 11.3 Å². The minimum atomic E-state index is -3.51. The lowest BCUT2D eigenvalue weighted by Crippen LogP contribution is -2.31. The summed E-state index contributed by atoms with van der Waals surface area (Å²) in [6, 6.07) is 5.28. The van der Waals surface area contributed by atoms with Gasteiger partial charge in [-0.15, -0.1) is 10.2 Å². The van der Waals surface area contributed by atoms with Crippen LogP contribution < -0.4 is 4.90 Å². The summed E-state index contributed by atoms with van der Waals surface area (Å²) >= 11 is 1.36. The highest BCUT2D eigenvalue weighted by Crippen LogP contribution is 2.32. The molecule has 0 saturated heterocycles. The lowest BCUT2D eigenvalue weighted by Gasteiger charge is -2.20. The molecule has 0 radical (unpaired) electrons. The fourth-order valence-electron chi connectivity index (χ4n) is 3.40. The van der Waals surface area contributed by atoms with E-state index >= 15 is 0 Å². The number of thioether (sulfide) groups is 1. The number of sulfonamides is 1. The Labute approximate surface area is 176 Å². The molecule has 2 heterocycles. The molecule has 1 aromatic carbocycles. The van der Waals surface area contributed by atoms with Crippen LogP contribution in [-0.2, 0) is 21.2 Å². The molecule has 0 saturated carbocycles. The van der Waals surface area contributed by atoms with E-state index in [4.69, 9.17) is 0 Å². The van der Waals surface area contributed by atoms with Crippen molar-refractivity contribution in [2.24, 2.45) is 0 Å². The molecule has 1 aliphatic rings. The second kappa shape index (κ2) is 8.85. The van der Waals surface area contributed by atoms with Crippen LogP contribution in [0.5, 0.6) is 0 Å². The van der Waals surface area contributed by atoms with Gasteiger partial charge < -0.3 is 9.47 Å². The number of carbonyl (C=O) groups excluding carboxylic acids is 1. The Hall–Kier alpha value is -1.91. The van der Waals surface area contributed by atoms with Crippen molar-refractivity contribution in [1.82, 2.24) is 19.1 Å². The summed E-state index contributed by atoms with van der Waals surface area (Å²) in [5.41, 5.74) is 1.68. The van der Waals surface area contributed by atoms with Crippen molar-refractivity contribution in [2.45, 2.75) is 50.2 Å². The van der Waals surface area contributed by atoms with Gasteiger partial charge in [0.25, 0.3) is 0 Å². The van der Waals surface area contributed by atoms with Crippen LogP contribution in [0.2, 0.25) is 0 Å². The lowest BCUT2D eigenvalue weighted by molar-refractivity contribution is -0.116. The van der Waals surface area contributed by atoms with Gasteiger partial charge in [-0.1, -0.05) is 25.6 Å². The van der Waals surface area contributed by atoms with Gasteiger partial charge in [-0.3, -0.25) is 4.79 Å². The van der Waals surface area contributed by atoms with Gasteiger partial charge in [-0.2, -0.15) is 4.31 Å². The molecule has 158 valence electrons. The SMILES string of the molecule is CCN(CC)S(=O)(=O)c1ccc2c(c1)CCN2C(=O)CSc1nncn1C(C)C. The lowest BCUT2D eigenvalue weighted by atomic mass is 10.2. The minimum absolute atomic E-state index is 0.0218. The van der Waals surface area contributed by atoms with Gasteiger partial charge in [0.1, 0.15) is 6.33 Å². The van der Waals surface area contributed by atoms with Gasteiger partial charge >= 0.3 is 0 Å². The van der Waals surface area contributed by atoms with Crippen molar-refractivity contribution in [1.29, 1.82) is 0 Å². The Morgan fingerprint density at radius 3 is 2.66 bits per heavy atom. The summed E-state index contributed by atoms with van der Waals surface area (Å²) in [5, 5.41) is 8.72. The van der Waals surface area contributed by atoms with Crippen LogP contribution in [0.25, 0.3) is 0 Å². The number of amides is 1. The molecule has 10 heteroatoms. The Morgan fingerprint density at radius 2 is 2.00 bits per heavy atom. The molecule has 3 rings (SSSR count). The second-order valence-electron chi connectivity index (χ2n) is 7.08. The topological polar surface area (TPSA) is 88.4 Å². The number of hydrogen-bond donors (Lipinski definition) is 0. The molecule has 0 N–H and O–H groups in total. The van der Waals surface area contributed by atoms with E-state index in [2.05, 4.69) is 10.2 Å². The van der Waals surface area contributed by atoms with Crippen LogP contribution >= 0.6 is 11.8 Å². The van der Waals surface area contributed by atoms with E-state index in [1.165, 1.54) is 16.1 Å². The van der Waals surface area contributed by atoms with Gasteiger partial charge in [-0.05, 0) is 44.0 Å². The van der Waals surface area contributed by atoms with E-state index < -0.39 is 10.0 Å². The first kappa shape index (κ1) is 21.8. The Kier molecular flexibility index (Phi) is 6.65. The maximum atomic E-state index is 12.8. The third kappa shape index (κ3) is 4.34. The maximum absolute atomic E-state index is 12.8. The number of nitrogens with zero attached hydrogens (tertiary/aromatic N) is 5.